The maximum absolute atomic E-state index is 4.70. The first-order valence-corrected chi connectivity index (χ1v) is 10.0. The molecule has 1 saturated heterocycles. The van der Waals surface area contributed by atoms with Crippen molar-refractivity contribution in [2.24, 2.45) is 7.05 Å². The van der Waals surface area contributed by atoms with Gasteiger partial charge in [-0.1, -0.05) is 18.2 Å². The van der Waals surface area contributed by atoms with Crippen molar-refractivity contribution in [3.8, 4) is 0 Å². The van der Waals surface area contributed by atoms with Gasteiger partial charge >= 0.3 is 0 Å². The van der Waals surface area contributed by atoms with Crippen molar-refractivity contribution in [1.82, 2.24) is 19.4 Å². The smallest absolute Gasteiger partial charge is 0.226 e. The van der Waals surface area contributed by atoms with E-state index in [1.165, 1.54) is 16.5 Å². The molecule has 1 aromatic carbocycles. The summed E-state index contributed by atoms with van der Waals surface area (Å²) in [5, 5.41) is 1.38. The Morgan fingerprint density at radius 2 is 1.82 bits per heavy atom. The molecule has 1 aliphatic heterocycles. The molecule has 0 aliphatic carbocycles. The summed E-state index contributed by atoms with van der Waals surface area (Å²) >= 11 is 0. The average Bonchev–Trinajstić information content (AvgIpc) is 3.04. The molecule has 148 valence electrons. The van der Waals surface area contributed by atoms with Crippen LogP contribution in [0.3, 0.4) is 0 Å². The van der Waals surface area contributed by atoms with E-state index in [1.807, 2.05) is 31.3 Å². The number of anilines is 2. The van der Waals surface area contributed by atoms with Gasteiger partial charge in [0.25, 0.3) is 0 Å². The highest BCUT2D eigenvalue weighted by atomic mass is 15.3. The molecule has 0 amide bonds. The van der Waals surface area contributed by atoms with E-state index in [9.17, 15) is 0 Å². The van der Waals surface area contributed by atoms with Crippen LogP contribution in [0.2, 0.25) is 0 Å². The number of rotatable bonds is 5. The molecular weight excluding hydrogens is 348 g/mol. The zero-order valence-corrected chi connectivity index (χ0v) is 17.3. The van der Waals surface area contributed by atoms with Gasteiger partial charge in [0.1, 0.15) is 5.82 Å². The minimum absolute atomic E-state index is 0.522. The van der Waals surface area contributed by atoms with Crippen molar-refractivity contribution >= 4 is 22.7 Å². The first kappa shape index (κ1) is 18.7. The Balaban J connectivity index is 1.40. The molecule has 0 radical (unpaired) electrons. The van der Waals surface area contributed by atoms with Crippen molar-refractivity contribution in [1.29, 1.82) is 0 Å². The quantitative estimate of drug-likeness (QED) is 0.682. The molecule has 0 saturated carbocycles. The minimum Gasteiger partial charge on any atom is -0.356 e. The second-order valence-electron chi connectivity index (χ2n) is 8.01. The number of piperidine rings is 1. The van der Waals surface area contributed by atoms with Gasteiger partial charge in [-0.2, -0.15) is 4.98 Å². The van der Waals surface area contributed by atoms with Crippen LogP contribution in [0.15, 0.2) is 42.7 Å². The molecular formula is C22H30N6. The van der Waals surface area contributed by atoms with Gasteiger partial charge in [0.15, 0.2) is 0 Å². The van der Waals surface area contributed by atoms with Crippen LogP contribution in [-0.4, -0.2) is 59.7 Å². The van der Waals surface area contributed by atoms with Gasteiger partial charge < -0.3 is 14.4 Å². The van der Waals surface area contributed by atoms with E-state index in [0.717, 1.165) is 44.2 Å². The van der Waals surface area contributed by atoms with Crippen LogP contribution >= 0.6 is 0 Å². The van der Waals surface area contributed by atoms with Gasteiger partial charge in [-0.05, 0) is 30.5 Å². The van der Waals surface area contributed by atoms with Gasteiger partial charge in [-0.3, -0.25) is 4.90 Å². The van der Waals surface area contributed by atoms with E-state index in [-0.39, 0.29) is 0 Å². The minimum atomic E-state index is 0.522. The van der Waals surface area contributed by atoms with Gasteiger partial charge in [-0.15, -0.1) is 0 Å². The molecule has 6 nitrogen and oxygen atoms in total. The van der Waals surface area contributed by atoms with Crippen LogP contribution in [0.25, 0.3) is 10.9 Å². The molecule has 3 heterocycles. The number of hydrogen-bond donors (Lipinski definition) is 0. The van der Waals surface area contributed by atoms with E-state index >= 15 is 0 Å². The highest BCUT2D eigenvalue weighted by Gasteiger charge is 2.24. The second-order valence-corrected chi connectivity index (χ2v) is 8.01. The molecule has 2 aromatic heterocycles. The third kappa shape index (κ3) is 3.69. The summed E-state index contributed by atoms with van der Waals surface area (Å²) in [6.07, 6.45) is 6.45. The Hall–Kier alpha value is -2.60. The maximum Gasteiger partial charge on any atom is 0.226 e. The van der Waals surface area contributed by atoms with Crippen LogP contribution in [0.4, 0.5) is 11.8 Å². The molecule has 3 aromatic rings. The van der Waals surface area contributed by atoms with Crippen LogP contribution in [0, 0.1) is 0 Å². The third-order valence-electron chi connectivity index (χ3n) is 5.87. The van der Waals surface area contributed by atoms with Crippen LogP contribution in [0.5, 0.6) is 0 Å². The van der Waals surface area contributed by atoms with Crippen molar-refractivity contribution < 1.29 is 0 Å². The van der Waals surface area contributed by atoms with Gasteiger partial charge in [0.2, 0.25) is 5.95 Å². The normalized spacial score (nSPS) is 15.9. The van der Waals surface area contributed by atoms with Crippen LogP contribution in [0.1, 0.15) is 18.4 Å². The third-order valence-corrected chi connectivity index (χ3v) is 5.87. The molecule has 28 heavy (non-hydrogen) atoms. The number of hydrogen-bond acceptors (Lipinski definition) is 5. The SMILES string of the molecule is CN(C)c1nccc(N(C)C2CCN(Cc3cn(C)c4ccccc34)CC2)n1. The number of aryl methyl sites for hydroxylation is 1. The number of likely N-dealkylation sites (tertiary alicyclic amines) is 1. The highest BCUT2D eigenvalue weighted by molar-refractivity contribution is 5.83. The Labute approximate surface area is 167 Å². The molecule has 0 unspecified atom stereocenters. The predicted octanol–water partition coefficient (Wildman–Crippen LogP) is 3.14. The molecule has 1 fully saturated rings. The van der Waals surface area contributed by atoms with Crippen LogP contribution < -0.4 is 9.80 Å². The molecule has 0 bridgehead atoms. The fourth-order valence-electron chi connectivity index (χ4n) is 4.20. The predicted molar refractivity (Wildman–Crippen MR) is 116 cm³/mol. The number of nitrogens with zero attached hydrogens (tertiary/aromatic N) is 6. The number of fused-ring (bicyclic) bond motifs is 1. The van der Waals surface area contributed by atoms with Crippen molar-refractivity contribution in [2.45, 2.75) is 25.4 Å². The Morgan fingerprint density at radius 1 is 1.07 bits per heavy atom. The van der Waals surface area contributed by atoms with E-state index < -0.39 is 0 Å². The lowest BCUT2D eigenvalue weighted by atomic mass is 10.0. The first-order chi connectivity index (χ1) is 13.5. The fraction of sp³-hybridized carbons (Fsp3) is 0.455. The Morgan fingerprint density at radius 3 is 2.57 bits per heavy atom. The summed E-state index contributed by atoms with van der Waals surface area (Å²) in [5.41, 5.74) is 2.74. The lowest BCUT2D eigenvalue weighted by Crippen LogP contribution is -2.43. The topological polar surface area (TPSA) is 40.4 Å². The fourth-order valence-corrected chi connectivity index (χ4v) is 4.20. The lowest BCUT2D eigenvalue weighted by molar-refractivity contribution is 0.203. The van der Waals surface area contributed by atoms with Gasteiger partial charge in [0.05, 0.1) is 0 Å². The maximum atomic E-state index is 4.70. The Kier molecular flexibility index (Phi) is 5.22. The number of para-hydroxylation sites is 1. The van der Waals surface area contributed by atoms with Gasteiger partial charge in [0, 0.05) is 77.2 Å². The van der Waals surface area contributed by atoms with Crippen molar-refractivity contribution in [2.75, 3.05) is 44.0 Å². The molecule has 0 N–H and O–H groups in total. The zero-order valence-electron chi connectivity index (χ0n) is 17.3. The average molecular weight is 379 g/mol. The van der Waals surface area contributed by atoms with E-state index in [2.05, 4.69) is 63.9 Å². The summed E-state index contributed by atoms with van der Waals surface area (Å²) in [5.74, 6) is 1.77. The summed E-state index contributed by atoms with van der Waals surface area (Å²) < 4.78 is 2.24. The first-order valence-electron chi connectivity index (χ1n) is 10.0. The number of benzene rings is 1. The van der Waals surface area contributed by atoms with Crippen LogP contribution in [-0.2, 0) is 13.6 Å². The zero-order chi connectivity index (χ0) is 19.7. The molecule has 6 heteroatoms. The molecule has 1 aliphatic rings. The second kappa shape index (κ2) is 7.80. The van der Waals surface area contributed by atoms with E-state index in [1.54, 1.807) is 0 Å². The molecule has 4 rings (SSSR count). The molecule has 0 spiro atoms. The molecule has 0 atom stereocenters. The largest absolute Gasteiger partial charge is 0.356 e. The summed E-state index contributed by atoms with van der Waals surface area (Å²) in [6.45, 7) is 3.25. The lowest BCUT2D eigenvalue weighted by Gasteiger charge is -2.37. The highest BCUT2D eigenvalue weighted by Crippen LogP contribution is 2.25. The summed E-state index contributed by atoms with van der Waals surface area (Å²) in [6, 6.07) is 11.2. The van der Waals surface area contributed by atoms with Gasteiger partial charge in [-0.25, -0.2) is 4.98 Å². The monoisotopic (exact) mass is 378 g/mol. The van der Waals surface area contributed by atoms with E-state index in [0.29, 0.717) is 6.04 Å². The summed E-state index contributed by atoms with van der Waals surface area (Å²) in [7, 11) is 8.25. The summed E-state index contributed by atoms with van der Waals surface area (Å²) in [4.78, 5) is 15.9. The number of aromatic nitrogens is 3. The van der Waals surface area contributed by atoms with E-state index in [4.69, 9.17) is 4.98 Å². The van der Waals surface area contributed by atoms with Crippen molar-refractivity contribution in [3.63, 3.8) is 0 Å². The van der Waals surface area contributed by atoms with Crippen molar-refractivity contribution in [3.05, 3.63) is 48.3 Å². The Bertz CT molecular complexity index is 939. The standard InChI is InChI=1S/C22H30N6/c1-25(2)22-23-12-9-21(24-22)27(4)18-10-13-28(14-11-18)16-17-15-26(3)20-8-6-5-7-19(17)20/h5-9,12,15,18H,10-11,13-14,16H2,1-4H3.